The number of likely N-dealkylation sites (tertiary alicyclic amines) is 1. The Morgan fingerprint density at radius 3 is 2.45 bits per heavy atom. The first-order chi connectivity index (χ1) is 9.43. The third kappa shape index (κ3) is 3.23. The fourth-order valence-corrected chi connectivity index (χ4v) is 3.27. The Bertz CT molecular complexity index is 379. The number of carboxylic acids is 1. The predicted octanol–water partition coefficient (Wildman–Crippen LogP) is 1.19. The fourth-order valence-electron chi connectivity index (χ4n) is 3.27. The van der Waals surface area contributed by atoms with Gasteiger partial charge in [0.1, 0.15) is 5.54 Å². The fraction of sp³-hybridized carbons (Fsp3) is 0.857. The van der Waals surface area contributed by atoms with Gasteiger partial charge in [-0.1, -0.05) is 19.8 Å². The zero-order valence-corrected chi connectivity index (χ0v) is 12.0. The van der Waals surface area contributed by atoms with Gasteiger partial charge < -0.3 is 20.4 Å². The van der Waals surface area contributed by atoms with Crippen LogP contribution in [0.4, 0.5) is 4.79 Å². The van der Waals surface area contributed by atoms with E-state index in [2.05, 4.69) is 5.32 Å². The van der Waals surface area contributed by atoms with Gasteiger partial charge in [-0.05, 0) is 31.6 Å². The summed E-state index contributed by atoms with van der Waals surface area (Å²) in [6.07, 6.45) is 3.60. The third-order valence-corrected chi connectivity index (χ3v) is 4.50. The number of nitrogens with zero attached hydrogens (tertiary/aromatic N) is 1. The number of amides is 2. The molecule has 1 saturated carbocycles. The van der Waals surface area contributed by atoms with Crippen molar-refractivity contribution >= 4 is 12.0 Å². The lowest BCUT2D eigenvalue weighted by Crippen LogP contribution is -2.60. The number of hydrogen-bond donors (Lipinski definition) is 3. The Kier molecular flexibility index (Phi) is 4.52. The van der Waals surface area contributed by atoms with Gasteiger partial charge in [-0.15, -0.1) is 0 Å². The molecule has 20 heavy (non-hydrogen) atoms. The lowest BCUT2D eigenvalue weighted by molar-refractivity contribution is -0.146. The maximum atomic E-state index is 12.3. The van der Waals surface area contributed by atoms with E-state index in [9.17, 15) is 19.8 Å². The van der Waals surface area contributed by atoms with Crippen LogP contribution in [0.25, 0.3) is 0 Å². The Morgan fingerprint density at radius 1 is 1.25 bits per heavy atom. The highest BCUT2D eigenvalue weighted by Gasteiger charge is 2.44. The molecule has 1 heterocycles. The van der Waals surface area contributed by atoms with Crippen LogP contribution in [0.2, 0.25) is 0 Å². The van der Waals surface area contributed by atoms with Gasteiger partial charge in [-0.25, -0.2) is 9.59 Å². The van der Waals surface area contributed by atoms with Crippen LogP contribution < -0.4 is 5.32 Å². The number of aliphatic hydroxyl groups is 1. The number of aliphatic hydroxyl groups excluding tert-OH is 1. The number of nitrogens with one attached hydrogen (secondary N) is 1. The van der Waals surface area contributed by atoms with E-state index in [1.54, 1.807) is 4.90 Å². The molecule has 1 saturated heterocycles. The second kappa shape index (κ2) is 5.99. The molecule has 2 atom stereocenters. The van der Waals surface area contributed by atoms with E-state index < -0.39 is 11.5 Å². The maximum Gasteiger partial charge on any atom is 0.329 e. The largest absolute Gasteiger partial charge is 0.480 e. The topological polar surface area (TPSA) is 89.9 Å². The lowest BCUT2D eigenvalue weighted by Gasteiger charge is -2.39. The van der Waals surface area contributed by atoms with Gasteiger partial charge in [-0.2, -0.15) is 0 Å². The van der Waals surface area contributed by atoms with Crippen molar-refractivity contribution in [1.82, 2.24) is 10.2 Å². The molecule has 2 amide bonds. The van der Waals surface area contributed by atoms with E-state index in [0.717, 1.165) is 12.8 Å². The van der Waals surface area contributed by atoms with E-state index in [1.807, 2.05) is 6.92 Å². The van der Waals surface area contributed by atoms with Gasteiger partial charge in [0, 0.05) is 13.1 Å². The summed E-state index contributed by atoms with van der Waals surface area (Å²) in [4.78, 5) is 25.5. The van der Waals surface area contributed by atoms with Gasteiger partial charge in [0.05, 0.1) is 6.10 Å². The van der Waals surface area contributed by atoms with Crippen molar-refractivity contribution in [3.05, 3.63) is 0 Å². The number of rotatable bonds is 2. The van der Waals surface area contributed by atoms with Crippen molar-refractivity contribution < 1.29 is 19.8 Å². The molecular formula is C14H24N2O4. The van der Waals surface area contributed by atoms with E-state index in [4.69, 9.17) is 0 Å². The summed E-state index contributed by atoms with van der Waals surface area (Å²) in [5, 5.41) is 21.7. The summed E-state index contributed by atoms with van der Waals surface area (Å²) >= 11 is 0. The van der Waals surface area contributed by atoms with Gasteiger partial charge in [0.15, 0.2) is 0 Å². The zero-order valence-electron chi connectivity index (χ0n) is 12.0. The van der Waals surface area contributed by atoms with Gasteiger partial charge in [-0.3, -0.25) is 0 Å². The molecule has 0 aromatic carbocycles. The molecule has 6 heteroatoms. The Labute approximate surface area is 119 Å². The summed E-state index contributed by atoms with van der Waals surface area (Å²) in [5.41, 5.74) is -1.12. The van der Waals surface area contributed by atoms with Gasteiger partial charge in [0.25, 0.3) is 0 Å². The minimum atomic E-state index is -1.12. The molecule has 114 valence electrons. The molecule has 6 nitrogen and oxygen atoms in total. The summed E-state index contributed by atoms with van der Waals surface area (Å²) in [6, 6.07) is -0.312. The summed E-state index contributed by atoms with van der Waals surface area (Å²) in [6.45, 7) is 3.00. The standard InChI is InChI=1S/C14H24N2O4/c1-10-3-2-6-14(9-10,12(18)19)15-13(20)16-7-4-11(17)5-8-16/h10-11,17H,2-9H2,1H3,(H,15,20)(H,18,19). The highest BCUT2D eigenvalue weighted by atomic mass is 16.4. The van der Waals surface area contributed by atoms with Crippen LogP contribution >= 0.6 is 0 Å². The summed E-state index contributed by atoms with van der Waals surface area (Å²) < 4.78 is 0. The Hall–Kier alpha value is -1.30. The van der Waals surface area contributed by atoms with Crippen molar-refractivity contribution in [2.45, 2.75) is 57.1 Å². The second-order valence-corrected chi connectivity index (χ2v) is 6.24. The van der Waals surface area contributed by atoms with Crippen molar-refractivity contribution in [3.63, 3.8) is 0 Å². The smallest absolute Gasteiger partial charge is 0.329 e. The van der Waals surface area contributed by atoms with Crippen LogP contribution in [0, 0.1) is 5.92 Å². The molecule has 0 aromatic rings. The first-order valence-corrected chi connectivity index (χ1v) is 7.41. The number of carbonyl (C=O) groups excluding carboxylic acids is 1. The monoisotopic (exact) mass is 284 g/mol. The number of aliphatic carboxylic acids is 1. The van der Waals surface area contributed by atoms with Crippen molar-refractivity contribution in [1.29, 1.82) is 0 Å². The molecule has 2 rings (SSSR count). The second-order valence-electron chi connectivity index (χ2n) is 6.24. The van der Waals surface area contributed by atoms with Crippen LogP contribution in [0.1, 0.15) is 45.4 Å². The lowest BCUT2D eigenvalue weighted by atomic mass is 9.76. The molecule has 1 aliphatic carbocycles. The molecule has 0 bridgehead atoms. The molecule has 0 spiro atoms. The van der Waals surface area contributed by atoms with Gasteiger partial charge >= 0.3 is 12.0 Å². The average Bonchev–Trinajstić information content (AvgIpc) is 2.39. The van der Waals surface area contributed by atoms with Crippen LogP contribution in [-0.2, 0) is 4.79 Å². The Morgan fingerprint density at radius 2 is 1.90 bits per heavy atom. The zero-order chi connectivity index (χ0) is 14.8. The van der Waals surface area contributed by atoms with Crippen molar-refractivity contribution in [3.8, 4) is 0 Å². The Balaban J connectivity index is 2.01. The van der Waals surface area contributed by atoms with Crippen molar-refractivity contribution in [2.24, 2.45) is 5.92 Å². The van der Waals surface area contributed by atoms with Crippen LogP contribution in [-0.4, -0.2) is 51.8 Å². The van der Waals surface area contributed by atoms with E-state index >= 15 is 0 Å². The minimum absolute atomic E-state index is 0.309. The molecule has 0 radical (unpaired) electrons. The summed E-state index contributed by atoms with van der Waals surface area (Å²) in [5.74, 6) is -0.627. The molecule has 2 aliphatic rings. The molecular weight excluding hydrogens is 260 g/mol. The molecule has 2 unspecified atom stereocenters. The van der Waals surface area contributed by atoms with Crippen LogP contribution in [0.3, 0.4) is 0 Å². The van der Waals surface area contributed by atoms with Crippen molar-refractivity contribution in [2.75, 3.05) is 13.1 Å². The minimum Gasteiger partial charge on any atom is -0.480 e. The number of carbonyl (C=O) groups is 2. The number of hydrogen-bond acceptors (Lipinski definition) is 3. The highest BCUT2D eigenvalue weighted by molar-refractivity contribution is 5.86. The third-order valence-electron chi connectivity index (χ3n) is 4.50. The van der Waals surface area contributed by atoms with Crippen LogP contribution in [0.15, 0.2) is 0 Å². The molecule has 2 fully saturated rings. The first kappa shape index (κ1) is 15.1. The van der Waals surface area contributed by atoms with Gasteiger partial charge in [0.2, 0.25) is 0 Å². The summed E-state index contributed by atoms with van der Waals surface area (Å²) in [7, 11) is 0. The average molecular weight is 284 g/mol. The molecule has 0 aromatic heterocycles. The predicted molar refractivity (Wildman–Crippen MR) is 73.3 cm³/mol. The normalized spacial score (nSPS) is 31.9. The SMILES string of the molecule is CC1CCCC(NC(=O)N2CCC(O)CC2)(C(=O)O)C1. The van der Waals surface area contributed by atoms with E-state index in [0.29, 0.717) is 44.7 Å². The number of urea groups is 1. The quantitative estimate of drug-likeness (QED) is 0.710. The van der Waals surface area contributed by atoms with E-state index in [-0.39, 0.29) is 12.1 Å². The van der Waals surface area contributed by atoms with Crippen LogP contribution in [0.5, 0.6) is 0 Å². The molecule has 1 aliphatic heterocycles. The molecule has 3 N–H and O–H groups in total. The number of piperidine rings is 1. The number of carboxylic acid groups (broad SMARTS) is 1. The first-order valence-electron chi connectivity index (χ1n) is 7.41. The van der Waals surface area contributed by atoms with E-state index in [1.165, 1.54) is 0 Å². The maximum absolute atomic E-state index is 12.3. The highest BCUT2D eigenvalue weighted by Crippen LogP contribution is 2.32.